The Kier molecular flexibility index (Phi) is 7.09. The maximum Gasteiger partial charge on any atom is 0.237 e. The summed E-state index contributed by atoms with van der Waals surface area (Å²) >= 11 is 0. The number of carbonyl (C=O) groups is 1. The fourth-order valence-electron chi connectivity index (χ4n) is 2.01. The van der Waals surface area contributed by atoms with E-state index in [9.17, 15) is 4.79 Å². The van der Waals surface area contributed by atoms with Crippen LogP contribution >= 0.6 is 0 Å². The molecule has 0 fully saturated rings. The van der Waals surface area contributed by atoms with Crippen molar-refractivity contribution in [3.63, 3.8) is 0 Å². The van der Waals surface area contributed by atoms with E-state index in [0.29, 0.717) is 6.54 Å². The summed E-state index contributed by atoms with van der Waals surface area (Å²) in [6, 6.07) is 9.91. The van der Waals surface area contributed by atoms with Crippen molar-refractivity contribution in [2.24, 2.45) is 11.7 Å². The third-order valence-corrected chi connectivity index (χ3v) is 3.43. The van der Waals surface area contributed by atoms with Crippen molar-refractivity contribution < 1.29 is 4.79 Å². The van der Waals surface area contributed by atoms with Crippen molar-refractivity contribution in [3.8, 4) is 0 Å². The zero-order valence-electron chi connectivity index (χ0n) is 12.8. The molecule has 1 rings (SSSR count). The first-order chi connectivity index (χ1) is 9.56. The molecule has 0 bridgehead atoms. The first-order valence-electron chi connectivity index (χ1n) is 7.39. The highest BCUT2D eigenvalue weighted by Crippen LogP contribution is 2.12. The summed E-state index contributed by atoms with van der Waals surface area (Å²) < 4.78 is 0. The number of hydrogen-bond acceptors (Lipinski definition) is 3. The van der Waals surface area contributed by atoms with E-state index >= 15 is 0 Å². The maximum atomic E-state index is 11.7. The van der Waals surface area contributed by atoms with Crippen molar-refractivity contribution in [1.29, 1.82) is 0 Å². The Bertz CT molecular complexity index is 392. The average Bonchev–Trinajstić information content (AvgIpc) is 2.47. The summed E-state index contributed by atoms with van der Waals surface area (Å²) in [6.07, 6.45) is 0.916. The lowest BCUT2D eigenvalue weighted by atomic mass is 10.1. The smallest absolute Gasteiger partial charge is 0.237 e. The van der Waals surface area contributed by atoms with Crippen molar-refractivity contribution in [2.45, 2.75) is 33.2 Å². The Balaban J connectivity index is 2.31. The van der Waals surface area contributed by atoms with Gasteiger partial charge in [-0.05, 0) is 31.4 Å². The Hall–Kier alpha value is -1.55. The molecule has 0 saturated carbocycles. The number of nitrogens with two attached hydrogens (primary N) is 1. The summed E-state index contributed by atoms with van der Waals surface area (Å²) in [5.41, 5.74) is 7.02. The van der Waals surface area contributed by atoms with Gasteiger partial charge in [-0.25, -0.2) is 0 Å². The fraction of sp³-hybridized carbons (Fsp3) is 0.562. The molecule has 1 aromatic rings. The van der Waals surface area contributed by atoms with E-state index in [1.807, 2.05) is 32.0 Å². The zero-order chi connectivity index (χ0) is 15.0. The van der Waals surface area contributed by atoms with Gasteiger partial charge in [0, 0.05) is 25.3 Å². The molecule has 1 amide bonds. The van der Waals surface area contributed by atoms with Gasteiger partial charge in [0.05, 0.1) is 6.04 Å². The summed E-state index contributed by atoms with van der Waals surface area (Å²) in [5, 5.41) is 2.90. The Morgan fingerprint density at radius 1 is 1.30 bits per heavy atom. The normalized spacial score (nSPS) is 12.2. The lowest BCUT2D eigenvalue weighted by molar-refractivity contribution is -0.123. The van der Waals surface area contributed by atoms with Crippen LogP contribution in [0.1, 0.15) is 27.2 Å². The molecule has 0 aliphatic heterocycles. The van der Waals surface area contributed by atoms with Gasteiger partial charge in [0.15, 0.2) is 0 Å². The highest BCUT2D eigenvalue weighted by atomic mass is 16.2. The van der Waals surface area contributed by atoms with Crippen molar-refractivity contribution in [2.75, 3.05) is 24.5 Å². The van der Waals surface area contributed by atoms with Gasteiger partial charge in [-0.1, -0.05) is 32.0 Å². The van der Waals surface area contributed by atoms with Gasteiger partial charge in [0.2, 0.25) is 5.91 Å². The lowest BCUT2D eigenvalue weighted by Gasteiger charge is -2.23. The van der Waals surface area contributed by atoms with E-state index in [4.69, 9.17) is 5.73 Å². The predicted octanol–water partition coefficient (Wildman–Crippen LogP) is 2.00. The molecule has 0 spiro atoms. The SMILES string of the molecule is CCN(CCCNC(=O)[C@@H](N)C(C)C)c1ccccc1. The van der Waals surface area contributed by atoms with Crippen LogP contribution in [0.25, 0.3) is 0 Å². The summed E-state index contributed by atoms with van der Waals surface area (Å²) in [7, 11) is 0. The molecular weight excluding hydrogens is 250 g/mol. The van der Waals surface area contributed by atoms with Gasteiger partial charge >= 0.3 is 0 Å². The van der Waals surface area contributed by atoms with Gasteiger partial charge in [-0.3, -0.25) is 4.79 Å². The monoisotopic (exact) mass is 277 g/mol. The quantitative estimate of drug-likeness (QED) is 0.715. The van der Waals surface area contributed by atoms with Crippen LogP contribution in [0.4, 0.5) is 5.69 Å². The fourth-order valence-corrected chi connectivity index (χ4v) is 2.01. The molecule has 0 heterocycles. The second-order valence-corrected chi connectivity index (χ2v) is 5.33. The standard InChI is InChI=1S/C16H27N3O/c1-4-19(14-9-6-5-7-10-14)12-8-11-18-16(20)15(17)13(2)3/h5-7,9-10,13,15H,4,8,11-12,17H2,1-3H3,(H,18,20)/t15-/m0/s1. The molecule has 0 unspecified atom stereocenters. The minimum Gasteiger partial charge on any atom is -0.372 e. The van der Waals surface area contributed by atoms with Crippen LogP contribution in [-0.2, 0) is 4.79 Å². The third-order valence-electron chi connectivity index (χ3n) is 3.43. The first kappa shape index (κ1) is 16.5. The minimum atomic E-state index is -0.411. The van der Waals surface area contributed by atoms with E-state index in [1.165, 1.54) is 5.69 Å². The Labute approximate surface area is 122 Å². The predicted molar refractivity (Wildman–Crippen MR) is 84.8 cm³/mol. The molecule has 20 heavy (non-hydrogen) atoms. The van der Waals surface area contributed by atoms with Crippen molar-refractivity contribution in [1.82, 2.24) is 5.32 Å². The van der Waals surface area contributed by atoms with E-state index < -0.39 is 6.04 Å². The maximum absolute atomic E-state index is 11.7. The van der Waals surface area contributed by atoms with Crippen LogP contribution in [0.15, 0.2) is 30.3 Å². The molecule has 112 valence electrons. The largest absolute Gasteiger partial charge is 0.372 e. The number of amides is 1. The number of benzene rings is 1. The van der Waals surface area contributed by atoms with E-state index in [1.54, 1.807) is 0 Å². The van der Waals surface area contributed by atoms with E-state index in [-0.39, 0.29) is 11.8 Å². The molecule has 0 radical (unpaired) electrons. The number of hydrogen-bond donors (Lipinski definition) is 2. The van der Waals surface area contributed by atoms with Gasteiger partial charge in [0.25, 0.3) is 0 Å². The Morgan fingerprint density at radius 3 is 2.50 bits per heavy atom. The molecule has 0 aliphatic carbocycles. The molecule has 1 aromatic carbocycles. The van der Waals surface area contributed by atoms with E-state index in [0.717, 1.165) is 19.5 Å². The van der Waals surface area contributed by atoms with Crippen LogP contribution in [0, 0.1) is 5.92 Å². The zero-order valence-corrected chi connectivity index (χ0v) is 12.8. The average molecular weight is 277 g/mol. The van der Waals surface area contributed by atoms with Gasteiger partial charge in [-0.15, -0.1) is 0 Å². The van der Waals surface area contributed by atoms with Crippen LogP contribution < -0.4 is 16.0 Å². The summed E-state index contributed by atoms with van der Waals surface area (Å²) in [5.74, 6) is 0.120. The Morgan fingerprint density at radius 2 is 1.95 bits per heavy atom. The highest BCUT2D eigenvalue weighted by Gasteiger charge is 2.16. The number of nitrogens with zero attached hydrogens (tertiary/aromatic N) is 1. The second kappa shape index (κ2) is 8.59. The van der Waals surface area contributed by atoms with Crippen molar-refractivity contribution >= 4 is 11.6 Å². The lowest BCUT2D eigenvalue weighted by Crippen LogP contribution is -2.44. The molecule has 3 N–H and O–H groups in total. The van der Waals surface area contributed by atoms with Gasteiger partial charge < -0.3 is 16.0 Å². The highest BCUT2D eigenvalue weighted by molar-refractivity contribution is 5.81. The first-order valence-corrected chi connectivity index (χ1v) is 7.39. The molecule has 1 atom stereocenters. The van der Waals surface area contributed by atoms with Crippen LogP contribution in [0.2, 0.25) is 0 Å². The van der Waals surface area contributed by atoms with Gasteiger partial charge in [-0.2, -0.15) is 0 Å². The van der Waals surface area contributed by atoms with Crippen LogP contribution in [0.3, 0.4) is 0 Å². The number of anilines is 1. The van der Waals surface area contributed by atoms with Crippen LogP contribution in [-0.4, -0.2) is 31.6 Å². The van der Waals surface area contributed by atoms with Crippen molar-refractivity contribution in [3.05, 3.63) is 30.3 Å². The summed E-state index contributed by atoms with van der Waals surface area (Å²) in [6.45, 7) is 8.61. The minimum absolute atomic E-state index is 0.0530. The molecular formula is C16H27N3O. The number of nitrogens with one attached hydrogen (secondary N) is 1. The van der Waals surface area contributed by atoms with Gasteiger partial charge in [0.1, 0.15) is 0 Å². The van der Waals surface area contributed by atoms with Crippen LogP contribution in [0.5, 0.6) is 0 Å². The number of carbonyl (C=O) groups excluding carboxylic acids is 1. The second-order valence-electron chi connectivity index (χ2n) is 5.33. The molecule has 4 heteroatoms. The molecule has 0 aromatic heterocycles. The topological polar surface area (TPSA) is 58.4 Å². The molecule has 0 saturated heterocycles. The van der Waals surface area contributed by atoms with E-state index in [2.05, 4.69) is 29.3 Å². The number of rotatable bonds is 8. The molecule has 0 aliphatic rings. The third kappa shape index (κ3) is 5.21. The number of para-hydroxylation sites is 1. The summed E-state index contributed by atoms with van der Waals surface area (Å²) in [4.78, 5) is 14.0. The molecule has 4 nitrogen and oxygen atoms in total.